The molecule has 0 radical (unpaired) electrons. The summed E-state index contributed by atoms with van der Waals surface area (Å²) in [7, 11) is -4.37. The molecule has 6 rings (SSSR count). The van der Waals surface area contributed by atoms with E-state index in [0.29, 0.717) is 39.2 Å². The zero-order valence-corrected chi connectivity index (χ0v) is 21.0. The molecule has 9 nitrogen and oxygen atoms in total. The number of allylic oxidation sites excluding steroid dienone is 3. The Kier molecular flexibility index (Phi) is 5.25. The van der Waals surface area contributed by atoms with E-state index in [1.54, 1.807) is 25.1 Å². The Morgan fingerprint density at radius 2 is 2.00 bits per heavy atom. The van der Waals surface area contributed by atoms with Crippen LogP contribution in [0.1, 0.15) is 44.2 Å². The monoisotopic (exact) mass is 525 g/mol. The Morgan fingerprint density at radius 3 is 2.72 bits per heavy atom. The summed E-state index contributed by atoms with van der Waals surface area (Å²) in [6, 6.07) is 4.77. The number of benzene rings is 1. The van der Waals surface area contributed by atoms with Gasteiger partial charge in [0.2, 0.25) is 10.0 Å². The molecule has 0 spiro atoms. The molecule has 1 aliphatic heterocycles. The van der Waals surface area contributed by atoms with E-state index >= 15 is 4.39 Å². The van der Waals surface area contributed by atoms with Crippen molar-refractivity contribution >= 4 is 44.7 Å². The summed E-state index contributed by atoms with van der Waals surface area (Å²) in [6.45, 7) is 1.61. The Labute approximate surface area is 211 Å². The first-order valence-corrected chi connectivity index (χ1v) is 13.9. The van der Waals surface area contributed by atoms with E-state index in [0.717, 1.165) is 37.8 Å². The molecule has 1 unspecified atom stereocenters. The van der Waals surface area contributed by atoms with E-state index in [9.17, 15) is 8.42 Å². The zero-order valence-electron chi connectivity index (χ0n) is 19.4. The fourth-order valence-corrected chi connectivity index (χ4v) is 7.81. The first-order valence-electron chi connectivity index (χ1n) is 11.6. The maximum Gasteiger partial charge on any atom is 0.229 e. The summed E-state index contributed by atoms with van der Waals surface area (Å²) in [6.07, 6.45) is 11.1. The third kappa shape index (κ3) is 3.17. The van der Waals surface area contributed by atoms with Crippen LogP contribution in [-0.4, -0.2) is 28.7 Å². The number of hydrogen-bond acceptors (Lipinski definition) is 8. The molecule has 0 saturated heterocycles. The number of nitrogen functional groups attached to an aromatic ring is 1. The van der Waals surface area contributed by atoms with Crippen molar-refractivity contribution in [1.29, 1.82) is 0 Å². The molecule has 1 fully saturated rings. The van der Waals surface area contributed by atoms with Crippen LogP contribution >= 0.6 is 12.1 Å². The van der Waals surface area contributed by atoms with Crippen LogP contribution in [0, 0.1) is 5.82 Å². The summed E-state index contributed by atoms with van der Waals surface area (Å²) in [5, 5.41) is 6.44. The van der Waals surface area contributed by atoms with Gasteiger partial charge in [0.1, 0.15) is 29.3 Å². The van der Waals surface area contributed by atoms with Crippen LogP contribution in [0.25, 0.3) is 22.2 Å². The third-order valence-corrected chi connectivity index (χ3v) is 9.55. The van der Waals surface area contributed by atoms with Crippen LogP contribution in [-0.2, 0) is 14.8 Å². The Bertz CT molecular complexity index is 1620. The number of sulfonamides is 1. The van der Waals surface area contributed by atoms with Crippen LogP contribution < -0.4 is 15.6 Å². The van der Waals surface area contributed by atoms with Gasteiger partial charge in [0.15, 0.2) is 4.75 Å². The van der Waals surface area contributed by atoms with Crippen molar-refractivity contribution in [1.82, 2.24) is 19.3 Å². The average molecular weight is 526 g/mol. The van der Waals surface area contributed by atoms with Crippen molar-refractivity contribution in [3.63, 3.8) is 0 Å². The average Bonchev–Trinajstić information content (AvgIpc) is 3.58. The quantitative estimate of drug-likeness (QED) is 0.439. The number of rotatable bonds is 4. The van der Waals surface area contributed by atoms with Crippen molar-refractivity contribution in [2.45, 2.75) is 43.4 Å². The fraction of sp³-hybridized carbons (Fsp3) is 0.292. The standard InChI is InChI=1S/C24H24FN7O2S2/c1-13-6-9-19-21(31-35-30-19)24(13,36(27,33)34)17-8-7-14(10-18(17)25)16-11-32(15-4-2-3-5-15)23-20(16)22(26)28-12-29-23/h6-12,15,30H,2-5H2,1H3,(H2,26,28,29)(H2,27,33,34). The number of halogens is 1. The molecule has 1 saturated carbocycles. The normalized spacial score (nSPS) is 22.2. The van der Waals surface area contributed by atoms with E-state index in [2.05, 4.69) is 23.7 Å². The van der Waals surface area contributed by atoms with Crippen LogP contribution in [0.4, 0.5) is 10.2 Å². The lowest BCUT2D eigenvalue weighted by Crippen LogP contribution is -2.50. The van der Waals surface area contributed by atoms with Crippen molar-refractivity contribution in [3.8, 4) is 11.1 Å². The number of nitrogens with zero attached hydrogens (tertiary/aromatic N) is 4. The van der Waals surface area contributed by atoms with E-state index < -0.39 is 20.6 Å². The van der Waals surface area contributed by atoms with Crippen LogP contribution in [0.2, 0.25) is 0 Å². The lowest BCUT2D eigenvalue weighted by molar-refractivity contribution is 0.532. The molecule has 0 amide bonds. The summed E-state index contributed by atoms with van der Waals surface area (Å²) in [5.74, 6) is -0.409. The van der Waals surface area contributed by atoms with E-state index in [1.165, 1.54) is 18.5 Å². The lowest BCUT2D eigenvalue weighted by atomic mass is 9.81. The third-order valence-electron chi connectivity index (χ3n) is 7.38. The predicted octanol–water partition coefficient (Wildman–Crippen LogP) is 3.87. The highest BCUT2D eigenvalue weighted by atomic mass is 32.2. The number of anilines is 1. The summed E-state index contributed by atoms with van der Waals surface area (Å²) in [4.78, 5) is 8.64. The smallest absolute Gasteiger partial charge is 0.229 e. The van der Waals surface area contributed by atoms with Crippen LogP contribution in [0.3, 0.4) is 0 Å². The number of nitrogens with one attached hydrogen (secondary N) is 1. The lowest BCUT2D eigenvalue weighted by Gasteiger charge is -2.35. The SMILES string of the molecule is CC1=CC=C2NSN=C2C1(c1ccc(-c2cn(C3CCCC3)c3ncnc(N)c23)cc1F)S(N)(=O)=O. The molecule has 1 aromatic carbocycles. The fourth-order valence-electron chi connectivity index (χ4n) is 5.70. The molecular formula is C24H24FN7O2S2. The number of fused-ring (bicyclic) bond motifs is 2. The molecular weight excluding hydrogens is 501 g/mol. The topological polar surface area (TPSA) is 141 Å². The first-order chi connectivity index (χ1) is 17.2. The largest absolute Gasteiger partial charge is 0.383 e. The molecule has 0 bridgehead atoms. The van der Waals surface area contributed by atoms with Gasteiger partial charge in [-0.25, -0.2) is 27.9 Å². The predicted molar refractivity (Wildman–Crippen MR) is 140 cm³/mol. The minimum atomic E-state index is -4.37. The first kappa shape index (κ1) is 23.2. The highest BCUT2D eigenvalue weighted by Crippen LogP contribution is 2.47. The van der Waals surface area contributed by atoms with Gasteiger partial charge < -0.3 is 15.0 Å². The summed E-state index contributed by atoms with van der Waals surface area (Å²) >= 11 is 0.982. The van der Waals surface area contributed by atoms with E-state index in [1.807, 2.05) is 6.20 Å². The van der Waals surface area contributed by atoms with Gasteiger partial charge in [0.05, 0.1) is 23.2 Å². The molecule has 12 heteroatoms. The molecule has 2 aliphatic carbocycles. The minimum absolute atomic E-state index is 0.0834. The van der Waals surface area contributed by atoms with Gasteiger partial charge in [-0.1, -0.05) is 31.1 Å². The molecule has 2 aromatic heterocycles. The van der Waals surface area contributed by atoms with Gasteiger partial charge in [-0.05, 0) is 43.0 Å². The molecule has 36 heavy (non-hydrogen) atoms. The zero-order chi connectivity index (χ0) is 25.2. The molecule has 5 N–H and O–H groups in total. The highest BCUT2D eigenvalue weighted by Gasteiger charge is 2.55. The van der Waals surface area contributed by atoms with Gasteiger partial charge in [-0.3, -0.25) is 0 Å². The number of hydrogen-bond donors (Lipinski definition) is 3. The van der Waals surface area contributed by atoms with Gasteiger partial charge >= 0.3 is 0 Å². The van der Waals surface area contributed by atoms with Crippen molar-refractivity contribution in [3.05, 3.63) is 65.5 Å². The minimum Gasteiger partial charge on any atom is -0.383 e. The number of primary sulfonamides is 1. The van der Waals surface area contributed by atoms with Crippen molar-refractivity contribution in [2.75, 3.05) is 5.73 Å². The molecule has 186 valence electrons. The maximum atomic E-state index is 16.0. The molecule has 3 heterocycles. The molecule has 1 atom stereocenters. The highest BCUT2D eigenvalue weighted by molar-refractivity contribution is 7.97. The Balaban J connectivity index is 1.55. The van der Waals surface area contributed by atoms with Crippen molar-refractivity contribution < 1.29 is 12.8 Å². The van der Waals surface area contributed by atoms with Gasteiger partial charge in [-0.15, -0.1) is 0 Å². The molecule has 3 aromatic rings. The Hall–Kier alpha value is -3.22. The summed E-state index contributed by atoms with van der Waals surface area (Å²) < 4.78 is 49.7. The van der Waals surface area contributed by atoms with E-state index in [4.69, 9.17) is 10.9 Å². The Morgan fingerprint density at radius 1 is 1.22 bits per heavy atom. The van der Waals surface area contributed by atoms with Gasteiger partial charge in [-0.2, -0.15) is 4.40 Å². The van der Waals surface area contributed by atoms with Crippen LogP contribution in [0.15, 0.2) is 58.5 Å². The van der Waals surface area contributed by atoms with E-state index in [-0.39, 0.29) is 17.3 Å². The summed E-state index contributed by atoms with van der Waals surface area (Å²) in [5.41, 5.74) is 9.11. The second-order valence-electron chi connectivity index (χ2n) is 9.33. The second-order valence-corrected chi connectivity index (χ2v) is 11.6. The van der Waals surface area contributed by atoms with Gasteiger partial charge in [0.25, 0.3) is 0 Å². The van der Waals surface area contributed by atoms with Crippen molar-refractivity contribution in [2.24, 2.45) is 9.54 Å². The second kappa shape index (κ2) is 8.15. The molecule has 3 aliphatic rings. The maximum absolute atomic E-state index is 16.0. The van der Waals surface area contributed by atoms with Crippen LogP contribution in [0.5, 0.6) is 0 Å². The number of nitrogens with two attached hydrogens (primary N) is 2. The number of aromatic nitrogens is 3. The van der Waals surface area contributed by atoms with Gasteiger partial charge in [0, 0.05) is 23.4 Å².